The quantitative estimate of drug-likeness (QED) is 0.908. The van der Waals surface area contributed by atoms with Gasteiger partial charge in [-0.25, -0.2) is 0 Å². The van der Waals surface area contributed by atoms with Crippen molar-refractivity contribution in [1.29, 1.82) is 0 Å². The molecule has 0 amide bonds. The molecule has 1 aliphatic carbocycles. The van der Waals surface area contributed by atoms with Crippen molar-refractivity contribution in [2.45, 2.75) is 58.1 Å². The topological polar surface area (TPSA) is 49.5 Å². The molecule has 2 aliphatic rings. The van der Waals surface area contributed by atoms with Crippen LogP contribution in [-0.4, -0.2) is 34.4 Å². The van der Waals surface area contributed by atoms with Crippen LogP contribution in [0.2, 0.25) is 0 Å². The number of likely N-dealkylation sites (tertiary alicyclic amines) is 1. The summed E-state index contributed by atoms with van der Waals surface area (Å²) < 4.78 is 5.48. The van der Waals surface area contributed by atoms with Crippen LogP contribution in [-0.2, 0) is 19.4 Å². The predicted octanol–water partition coefficient (Wildman–Crippen LogP) is 2.15. The van der Waals surface area contributed by atoms with Crippen LogP contribution in [0.3, 0.4) is 0 Å². The van der Waals surface area contributed by atoms with Crippen molar-refractivity contribution in [1.82, 2.24) is 10.1 Å². The lowest BCUT2D eigenvalue weighted by atomic mass is 9.92. The standard InChI is InChI=1S/C15H24N2O2/c1-11(18)12-5-4-8-17(9-12)10-14-13-6-2-3-7-15(13)19-16-14/h11-12,18H,2-10H2,1H3. The lowest BCUT2D eigenvalue weighted by Gasteiger charge is -2.33. The molecule has 4 heteroatoms. The zero-order chi connectivity index (χ0) is 13.2. The monoisotopic (exact) mass is 264 g/mol. The third kappa shape index (κ3) is 2.84. The molecule has 19 heavy (non-hydrogen) atoms. The van der Waals surface area contributed by atoms with Gasteiger partial charge in [0.1, 0.15) is 11.5 Å². The van der Waals surface area contributed by atoms with E-state index in [1.807, 2.05) is 6.92 Å². The van der Waals surface area contributed by atoms with Crippen LogP contribution in [0.4, 0.5) is 0 Å². The Morgan fingerprint density at radius 1 is 1.37 bits per heavy atom. The molecule has 106 valence electrons. The molecule has 1 fully saturated rings. The molecule has 0 aromatic carbocycles. The van der Waals surface area contributed by atoms with Crippen molar-refractivity contribution in [3.8, 4) is 0 Å². The zero-order valence-corrected chi connectivity index (χ0v) is 11.8. The summed E-state index contributed by atoms with van der Waals surface area (Å²) in [5.74, 6) is 1.53. The third-order valence-electron chi connectivity index (χ3n) is 4.63. The summed E-state index contributed by atoms with van der Waals surface area (Å²) in [4.78, 5) is 2.42. The molecule has 2 unspecified atom stereocenters. The van der Waals surface area contributed by atoms with E-state index in [-0.39, 0.29) is 6.10 Å². The summed E-state index contributed by atoms with van der Waals surface area (Å²) in [5.41, 5.74) is 2.51. The van der Waals surface area contributed by atoms with Gasteiger partial charge in [-0.2, -0.15) is 0 Å². The second kappa shape index (κ2) is 5.63. The van der Waals surface area contributed by atoms with Crippen molar-refractivity contribution >= 4 is 0 Å². The Kier molecular flexibility index (Phi) is 3.89. The molecule has 2 heterocycles. The number of nitrogens with zero attached hydrogens (tertiary/aromatic N) is 2. The van der Waals surface area contributed by atoms with E-state index < -0.39 is 0 Å². The Balaban J connectivity index is 1.66. The van der Waals surface area contributed by atoms with Gasteiger partial charge in [0.15, 0.2) is 0 Å². The van der Waals surface area contributed by atoms with E-state index in [4.69, 9.17) is 4.52 Å². The van der Waals surface area contributed by atoms with E-state index in [1.54, 1.807) is 0 Å². The highest BCUT2D eigenvalue weighted by atomic mass is 16.5. The van der Waals surface area contributed by atoms with Crippen LogP contribution >= 0.6 is 0 Å². The number of hydrogen-bond acceptors (Lipinski definition) is 4. The molecule has 4 nitrogen and oxygen atoms in total. The molecule has 0 spiro atoms. The Bertz CT molecular complexity index is 428. The molecular weight excluding hydrogens is 240 g/mol. The fourth-order valence-corrected chi connectivity index (χ4v) is 3.41. The van der Waals surface area contributed by atoms with E-state index in [1.165, 1.54) is 24.8 Å². The van der Waals surface area contributed by atoms with Crippen LogP contribution in [0.1, 0.15) is 49.6 Å². The van der Waals surface area contributed by atoms with Gasteiger partial charge >= 0.3 is 0 Å². The average Bonchev–Trinajstić information content (AvgIpc) is 2.83. The highest BCUT2D eigenvalue weighted by Gasteiger charge is 2.26. The molecule has 3 rings (SSSR count). The van der Waals surface area contributed by atoms with Crippen LogP contribution in [0.15, 0.2) is 4.52 Å². The molecule has 2 atom stereocenters. The Hall–Kier alpha value is -0.870. The van der Waals surface area contributed by atoms with Crippen LogP contribution in [0.25, 0.3) is 0 Å². The molecule has 1 aromatic heterocycles. The summed E-state index contributed by atoms with van der Waals surface area (Å²) in [6, 6.07) is 0. The summed E-state index contributed by atoms with van der Waals surface area (Å²) in [5, 5.41) is 14.0. The fraction of sp³-hybridized carbons (Fsp3) is 0.800. The fourth-order valence-electron chi connectivity index (χ4n) is 3.41. The van der Waals surface area contributed by atoms with Gasteiger partial charge < -0.3 is 9.63 Å². The summed E-state index contributed by atoms with van der Waals surface area (Å²) in [6.45, 7) is 4.90. The van der Waals surface area contributed by atoms with Crippen LogP contribution < -0.4 is 0 Å². The number of aliphatic hydroxyl groups is 1. The first-order valence-electron chi connectivity index (χ1n) is 7.61. The number of aliphatic hydroxyl groups excluding tert-OH is 1. The molecule has 1 N–H and O–H groups in total. The van der Waals surface area contributed by atoms with Crippen LogP contribution in [0.5, 0.6) is 0 Å². The van der Waals surface area contributed by atoms with Crippen LogP contribution in [0, 0.1) is 5.92 Å². The molecule has 1 aromatic rings. The van der Waals surface area contributed by atoms with Gasteiger partial charge in [0.05, 0.1) is 6.10 Å². The number of piperidine rings is 1. The van der Waals surface area contributed by atoms with Gasteiger partial charge in [-0.3, -0.25) is 4.90 Å². The van der Waals surface area contributed by atoms with Crippen molar-refractivity contribution in [2.75, 3.05) is 13.1 Å². The highest BCUT2D eigenvalue weighted by Crippen LogP contribution is 2.27. The van der Waals surface area contributed by atoms with Crippen molar-refractivity contribution in [2.24, 2.45) is 5.92 Å². The predicted molar refractivity (Wildman–Crippen MR) is 72.8 cm³/mol. The molecule has 0 radical (unpaired) electrons. The second-order valence-electron chi connectivity index (χ2n) is 6.12. The Labute approximate surface area is 114 Å². The SMILES string of the molecule is CC(O)C1CCCN(Cc2noc3c2CCCC3)C1. The largest absolute Gasteiger partial charge is 0.393 e. The van der Waals surface area contributed by atoms with Gasteiger partial charge in [-0.05, 0) is 51.5 Å². The third-order valence-corrected chi connectivity index (χ3v) is 4.63. The first-order chi connectivity index (χ1) is 9.24. The Morgan fingerprint density at radius 2 is 2.21 bits per heavy atom. The van der Waals surface area contributed by atoms with E-state index in [2.05, 4.69) is 10.1 Å². The number of hydrogen-bond donors (Lipinski definition) is 1. The number of rotatable bonds is 3. The Morgan fingerprint density at radius 3 is 3.05 bits per heavy atom. The van der Waals surface area contributed by atoms with E-state index in [0.29, 0.717) is 5.92 Å². The lowest BCUT2D eigenvalue weighted by molar-refractivity contribution is 0.0589. The summed E-state index contributed by atoms with van der Waals surface area (Å²) in [6.07, 6.45) is 6.79. The van der Waals surface area contributed by atoms with Gasteiger partial charge in [0.25, 0.3) is 0 Å². The lowest BCUT2D eigenvalue weighted by Crippen LogP contribution is -2.39. The molecule has 1 aliphatic heterocycles. The van der Waals surface area contributed by atoms with E-state index in [0.717, 1.165) is 50.4 Å². The van der Waals surface area contributed by atoms with Crippen molar-refractivity contribution in [3.05, 3.63) is 17.0 Å². The minimum atomic E-state index is -0.200. The molecular formula is C15H24N2O2. The second-order valence-corrected chi connectivity index (χ2v) is 6.12. The number of fused-ring (bicyclic) bond motifs is 1. The van der Waals surface area contributed by atoms with Crippen molar-refractivity contribution in [3.63, 3.8) is 0 Å². The normalized spacial score (nSPS) is 26.1. The van der Waals surface area contributed by atoms with Gasteiger partial charge in [-0.1, -0.05) is 5.16 Å². The van der Waals surface area contributed by atoms with Gasteiger partial charge in [0.2, 0.25) is 0 Å². The first-order valence-corrected chi connectivity index (χ1v) is 7.61. The minimum absolute atomic E-state index is 0.200. The number of aromatic nitrogens is 1. The molecule has 0 saturated carbocycles. The average molecular weight is 264 g/mol. The zero-order valence-electron chi connectivity index (χ0n) is 11.8. The maximum atomic E-state index is 9.75. The van der Waals surface area contributed by atoms with E-state index >= 15 is 0 Å². The molecule has 0 bridgehead atoms. The smallest absolute Gasteiger partial charge is 0.140 e. The summed E-state index contributed by atoms with van der Waals surface area (Å²) in [7, 11) is 0. The maximum absolute atomic E-state index is 9.75. The minimum Gasteiger partial charge on any atom is -0.393 e. The van der Waals surface area contributed by atoms with Gasteiger partial charge in [-0.15, -0.1) is 0 Å². The molecule has 1 saturated heterocycles. The maximum Gasteiger partial charge on any atom is 0.140 e. The highest BCUT2D eigenvalue weighted by molar-refractivity contribution is 5.25. The number of aryl methyl sites for hydroxylation is 1. The van der Waals surface area contributed by atoms with Crippen molar-refractivity contribution < 1.29 is 9.63 Å². The summed E-state index contributed by atoms with van der Waals surface area (Å²) >= 11 is 0. The van der Waals surface area contributed by atoms with E-state index in [9.17, 15) is 5.11 Å². The first kappa shape index (κ1) is 13.1. The van der Waals surface area contributed by atoms with Gasteiger partial charge in [0, 0.05) is 25.1 Å².